The van der Waals surface area contributed by atoms with Gasteiger partial charge in [0.1, 0.15) is 0 Å². The van der Waals surface area contributed by atoms with Gasteiger partial charge in [-0.15, -0.1) is 0 Å². The van der Waals surface area contributed by atoms with Crippen LogP contribution in [-0.2, 0) is 0 Å². The first-order chi connectivity index (χ1) is 5.65. The molecule has 0 radical (unpaired) electrons. The zero-order chi connectivity index (χ0) is 9.14. The third kappa shape index (κ3) is 1.55. The van der Waals surface area contributed by atoms with Gasteiger partial charge >= 0.3 is 0 Å². The standard InChI is InChI=1S/C9H11N3/c1-6(11)9-3-2-8(12)4-7(9)5-10/h2-4,6H,11-12H2,1H3. The Morgan fingerprint density at radius 3 is 2.67 bits per heavy atom. The molecular weight excluding hydrogens is 150 g/mol. The lowest BCUT2D eigenvalue weighted by molar-refractivity contribution is 0.815. The van der Waals surface area contributed by atoms with Crippen molar-refractivity contribution in [2.45, 2.75) is 13.0 Å². The van der Waals surface area contributed by atoms with Gasteiger partial charge < -0.3 is 11.5 Å². The van der Waals surface area contributed by atoms with E-state index in [2.05, 4.69) is 6.07 Å². The molecule has 0 fully saturated rings. The van der Waals surface area contributed by atoms with Crippen LogP contribution >= 0.6 is 0 Å². The molecule has 12 heavy (non-hydrogen) atoms. The van der Waals surface area contributed by atoms with Crippen LogP contribution in [0.3, 0.4) is 0 Å². The lowest BCUT2D eigenvalue weighted by Crippen LogP contribution is -2.07. The smallest absolute Gasteiger partial charge is 0.0995 e. The molecule has 1 aromatic carbocycles. The fourth-order valence-corrected chi connectivity index (χ4v) is 1.07. The summed E-state index contributed by atoms with van der Waals surface area (Å²) in [6, 6.07) is 7.11. The maximum absolute atomic E-state index is 8.73. The summed E-state index contributed by atoms with van der Waals surface area (Å²) in [5.41, 5.74) is 13.2. The molecule has 1 unspecified atom stereocenters. The zero-order valence-electron chi connectivity index (χ0n) is 6.91. The molecule has 0 aliphatic heterocycles. The number of nitrogen functional groups attached to an aromatic ring is 1. The van der Waals surface area contributed by atoms with Crippen molar-refractivity contribution in [2.24, 2.45) is 5.73 Å². The van der Waals surface area contributed by atoms with Crippen LogP contribution in [0.1, 0.15) is 24.1 Å². The fourth-order valence-electron chi connectivity index (χ4n) is 1.07. The molecule has 0 amide bonds. The van der Waals surface area contributed by atoms with E-state index >= 15 is 0 Å². The quantitative estimate of drug-likeness (QED) is 0.607. The van der Waals surface area contributed by atoms with Crippen molar-refractivity contribution in [3.8, 4) is 6.07 Å². The summed E-state index contributed by atoms with van der Waals surface area (Å²) in [6.45, 7) is 1.84. The van der Waals surface area contributed by atoms with E-state index in [1.54, 1.807) is 18.2 Å². The summed E-state index contributed by atoms with van der Waals surface area (Å²) in [5.74, 6) is 0. The molecule has 0 saturated heterocycles. The van der Waals surface area contributed by atoms with E-state index in [9.17, 15) is 0 Å². The summed E-state index contributed by atoms with van der Waals surface area (Å²) in [6.07, 6.45) is 0. The summed E-state index contributed by atoms with van der Waals surface area (Å²) >= 11 is 0. The van der Waals surface area contributed by atoms with E-state index in [0.29, 0.717) is 11.3 Å². The van der Waals surface area contributed by atoms with Gasteiger partial charge in [-0.3, -0.25) is 0 Å². The number of rotatable bonds is 1. The number of anilines is 1. The minimum Gasteiger partial charge on any atom is -0.399 e. The summed E-state index contributed by atoms with van der Waals surface area (Å²) in [7, 11) is 0. The molecule has 1 atom stereocenters. The summed E-state index contributed by atoms with van der Waals surface area (Å²) in [5, 5.41) is 8.73. The van der Waals surface area contributed by atoms with E-state index in [0.717, 1.165) is 5.56 Å². The first-order valence-electron chi connectivity index (χ1n) is 3.70. The zero-order valence-corrected chi connectivity index (χ0v) is 6.91. The van der Waals surface area contributed by atoms with Gasteiger partial charge in [-0.25, -0.2) is 0 Å². The van der Waals surface area contributed by atoms with Crippen LogP contribution in [0.2, 0.25) is 0 Å². The minimum absolute atomic E-state index is 0.125. The van der Waals surface area contributed by atoms with Gasteiger partial charge in [0.05, 0.1) is 11.6 Å². The van der Waals surface area contributed by atoms with E-state index in [-0.39, 0.29) is 6.04 Å². The third-order valence-corrected chi connectivity index (χ3v) is 1.69. The molecule has 4 N–H and O–H groups in total. The topological polar surface area (TPSA) is 75.8 Å². The van der Waals surface area contributed by atoms with Crippen LogP contribution in [0.25, 0.3) is 0 Å². The van der Waals surface area contributed by atoms with Crippen LogP contribution in [-0.4, -0.2) is 0 Å². The number of hydrogen-bond acceptors (Lipinski definition) is 3. The second-order valence-electron chi connectivity index (χ2n) is 2.75. The predicted molar refractivity (Wildman–Crippen MR) is 48.2 cm³/mol. The van der Waals surface area contributed by atoms with Crippen molar-refractivity contribution >= 4 is 5.69 Å². The molecule has 0 spiro atoms. The fraction of sp³-hybridized carbons (Fsp3) is 0.222. The van der Waals surface area contributed by atoms with Crippen molar-refractivity contribution in [1.82, 2.24) is 0 Å². The Kier molecular flexibility index (Phi) is 2.32. The minimum atomic E-state index is -0.125. The molecule has 62 valence electrons. The Balaban J connectivity index is 3.23. The van der Waals surface area contributed by atoms with E-state index in [1.807, 2.05) is 6.92 Å². The molecule has 3 nitrogen and oxygen atoms in total. The van der Waals surface area contributed by atoms with Crippen LogP contribution in [0.4, 0.5) is 5.69 Å². The van der Waals surface area contributed by atoms with Gasteiger partial charge in [-0.2, -0.15) is 5.26 Å². The SMILES string of the molecule is CC(N)c1ccc(N)cc1C#N. The van der Waals surface area contributed by atoms with Crippen LogP contribution in [0.5, 0.6) is 0 Å². The second-order valence-corrected chi connectivity index (χ2v) is 2.75. The molecule has 0 saturated carbocycles. The van der Waals surface area contributed by atoms with E-state index in [4.69, 9.17) is 16.7 Å². The Morgan fingerprint density at radius 2 is 2.17 bits per heavy atom. The van der Waals surface area contributed by atoms with E-state index < -0.39 is 0 Å². The van der Waals surface area contributed by atoms with Crippen molar-refractivity contribution in [3.63, 3.8) is 0 Å². The van der Waals surface area contributed by atoms with Crippen LogP contribution in [0, 0.1) is 11.3 Å². The monoisotopic (exact) mass is 161 g/mol. The highest BCUT2D eigenvalue weighted by Crippen LogP contribution is 2.17. The maximum Gasteiger partial charge on any atom is 0.0995 e. The highest BCUT2D eigenvalue weighted by molar-refractivity contribution is 5.50. The Hall–Kier alpha value is -1.53. The average molecular weight is 161 g/mol. The number of nitrogens with zero attached hydrogens (tertiary/aromatic N) is 1. The lowest BCUT2D eigenvalue weighted by atomic mass is 10.0. The van der Waals surface area contributed by atoms with Crippen molar-refractivity contribution in [3.05, 3.63) is 29.3 Å². The van der Waals surface area contributed by atoms with Crippen molar-refractivity contribution in [2.75, 3.05) is 5.73 Å². The molecule has 0 aliphatic carbocycles. The molecule has 0 heterocycles. The lowest BCUT2D eigenvalue weighted by Gasteiger charge is -2.07. The van der Waals surface area contributed by atoms with E-state index in [1.165, 1.54) is 0 Å². The van der Waals surface area contributed by atoms with Gasteiger partial charge in [0.2, 0.25) is 0 Å². The normalized spacial score (nSPS) is 12.1. The Bertz CT molecular complexity index is 323. The highest BCUT2D eigenvalue weighted by atomic mass is 14.6. The third-order valence-electron chi connectivity index (χ3n) is 1.69. The second kappa shape index (κ2) is 3.24. The van der Waals surface area contributed by atoms with Gasteiger partial charge in [-0.05, 0) is 24.6 Å². The molecule has 1 rings (SSSR count). The van der Waals surface area contributed by atoms with Crippen LogP contribution in [0.15, 0.2) is 18.2 Å². The molecule has 0 aromatic heterocycles. The largest absolute Gasteiger partial charge is 0.399 e. The molecule has 0 aliphatic rings. The first kappa shape index (κ1) is 8.57. The highest BCUT2D eigenvalue weighted by Gasteiger charge is 2.05. The van der Waals surface area contributed by atoms with Gasteiger partial charge in [0.15, 0.2) is 0 Å². The summed E-state index contributed by atoms with van der Waals surface area (Å²) < 4.78 is 0. The number of nitrogens with two attached hydrogens (primary N) is 2. The number of nitriles is 1. The molecule has 3 heteroatoms. The number of benzene rings is 1. The van der Waals surface area contributed by atoms with Gasteiger partial charge in [0.25, 0.3) is 0 Å². The molecule has 0 bridgehead atoms. The molecule has 1 aromatic rings. The molecular formula is C9H11N3. The predicted octanol–water partition coefficient (Wildman–Crippen LogP) is 1.16. The first-order valence-corrected chi connectivity index (χ1v) is 3.70. The summed E-state index contributed by atoms with van der Waals surface area (Å²) in [4.78, 5) is 0. The Labute approximate surface area is 71.6 Å². The average Bonchev–Trinajstić information content (AvgIpc) is 2.03. The van der Waals surface area contributed by atoms with Gasteiger partial charge in [-0.1, -0.05) is 6.07 Å². The van der Waals surface area contributed by atoms with Gasteiger partial charge in [0, 0.05) is 11.7 Å². The van der Waals surface area contributed by atoms with Crippen molar-refractivity contribution in [1.29, 1.82) is 5.26 Å². The number of hydrogen-bond donors (Lipinski definition) is 2. The maximum atomic E-state index is 8.73. The van der Waals surface area contributed by atoms with Crippen molar-refractivity contribution < 1.29 is 0 Å². The van der Waals surface area contributed by atoms with Crippen LogP contribution < -0.4 is 11.5 Å². The Morgan fingerprint density at radius 1 is 1.50 bits per heavy atom.